The first kappa shape index (κ1) is 57.4. The molecule has 0 heterocycles. The van der Waals surface area contributed by atoms with Crippen LogP contribution in [0.4, 0.5) is 0 Å². The van der Waals surface area contributed by atoms with Gasteiger partial charge in [-0.2, -0.15) is 0 Å². The smallest absolute Gasteiger partial charge is 0.303 e. The van der Waals surface area contributed by atoms with E-state index in [1.807, 2.05) is 20.8 Å². The Bertz CT molecular complexity index is 2070. The molecule has 68 heavy (non-hydrogen) atoms. The number of hydrogen-bond donors (Lipinski definition) is 9. The van der Waals surface area contributed by atoms with Crippen molar-refractivity contribution in [1.29, 1.82) is 0 Å². The Hall–Kier alpha value is -6.70. The van der Waals surface area contributed by atoms with E-state index in [4.69, 9.17) is 15.6 Å². The predicted octanol–water partition coefficient (Wildman–Crippen LogP) is 1.73. The fourth-order valence-corrected chi connectivity index (χ4v) is 6.89. The molecule has 20 nitrogen and oxygen atoms in total. The van der Waals surface area contributed by atoms with E-state index in [0.29, 0.717) is 18.4 Å². The lowest BCUT2D eigenvalue weighted by atomic mass is 9.85. The van der Waals surface area contributed by atoms with Gasteiger partial charge < -0.3 is 52.6 Å². The predicted molar refractivity (Wildman–Crippen MR) is 249 cm³/mol. The topological polar surface area (TPSA) is 319 Å². The van der Waals surface area contributed by atoms with Crippen LogP contribution in [0.1, 0.15) is 110 Å². The van der Waals surface area contributed by atoms with Crippen molar-refractivity contribution >= 4 is 59.1 Å². The highest BCUT2D eigenvalue weighted by atomic mass is 16.5. The van der Waals surface area contributed by atoms with Gasteiger partial charge in [0.05, 0.1) is 25.7 Å². The van der Waals surface area contributed by atoms with Crippen LogP contribution in [0.3, 0.4) is 0 Å². The maximum atomic E-state index is 14.5. The number of carbonyl (C=O) groups excluding carboxylic acids is 8. The number of benzene rings is 2. The second-order valence-corrected chi connectivity index (χ2v) is 18.1. The van der Waals surface area contributed by atoms with Crippen LogP contribution < -0.4 is 37.6 Å². The number of ether oxygens (including phenoxy) is 1. The van der Waals surface area contributed by atoms with E-state index >= 15 is 0 Å². The second kappa shape index (κ2) is 28.5. The van der Waals surface area contributed by atoms with Gasteiger partial charge >= 0.3 is 11.9 Å². The fraction of sp³-hybridized carbons (Fsp3) is 0.542. The van der Waals surface area contributed by atoms with Gasteiger partial charge in [0.1, 0.15) is 30.2 Å². The Balaban J connectivity index is 2.49. The van der Waals surface area contributed by atoms with Crippen molar-refractivity contribution in [3.63, 3.8) is 0 Å². The molecule has 0 spiro atoms. The lowest BCUT2D eigenvalue weighted by Gasteiger charge is -2.34. The van der Waals surface area contributed by atoms with E-state index in [-0.39, 0.29) is 31.8 Å². The molecule has 0 saturated heterocycles. The van der Waals surface area contributed by atoms with Crippen LogP contribution in [-0.4, -0.2) is 112 Å². The molecule has 374 valence electrons. The highest BCUT2D eigenvalue weighted by Gasteiger charge is 2.39. The molecule has 0 aliphatic rings. The molecule has 2 aromatic rings. The third-order valence-electron chi connectivity index (χ3n) is 10.7. The summed E-state index contributed by atoms with van der Waals surface area (Å²) in [4.78, 5) is 131. The number of carboxylic acid groups (broad SMARTS) is 2. The molecule has 0 fully saturated rings. The fourth-order valence-electron chi connectivity index (χ4n) is 6.89. The largest absolute Gasteiger partial charge is 0.481 e. The van der Waals surface area contributed by atoms with Gasteiger partial charge in [-0.25, -0.2) is 0 Å². The Morgan fingerprint density at radius 2 is 1.18 bits per heavy atom. The summed E-state index contributed by atoms with van der Waals surface area (Å²) in [6.45, 7) is 11.8. The van der Waals surface area contributed by atoms with Gasteiger partial charge in [-0.1, -0.05) is 109 Å². The third-order valence-corrected chi connectivity index (χ3v) is 10.7. The summed E-state index contributed by atoms with van der Waals surface area (Å²) in [5, 5.41) is 34.2. The molecular weight excluding hydrogens is 883 g/mol. The van der Waals surface area contributed by atoms with E-state index in [1.54, 1.807) is 82.3 Å². The Labute approximate surface area is 397 Å². The van der Waals surface area contributed by atoms with Crippen molar-refractivity contribution in [2.45, 2.75) is 149 Å². The number of rotatable bonds is 30. The van der Waals surface area contributed by atoms with Gasteiger partial charge in [-0.3, -0.25) is 47.9 Å². The molecule has 7 amide bonds. The van der Waals surface area contributed by atoms with Crippen LogP contribution in [0.25, 0.3) is 0 Å². The number of aryl methyl sites for hydroxylation is 1. The number of ketones is 1. The average molecular weight is 952 g/mol. The van der Waals surface area contributed by atoms with Crippen LogP contribution in [0.2, 0.25) is 0 Å². The molecule has 0 aromatic heterocycles. The lowest BCUT2D eigenvalue weighted by molar-refractivity contribution is -0.140. The highest BCUT2D eigenvalue weighted by molar-refractivity contribution is 6.37. The van der Waals surface area contributed by atoms with Crippen LogP contribution >= 0.6 is 0 Å². The number of nitrogens with two attached hydrogens (primary N) is 1. The minimum atomic E-state index is -1.60. The van der Waals surface area contributed by atoms with Gasteiger partial charge in [-0.15, -0.1) is 0 Å². The standard InChI is InChI=1S/C48H69N7O13/c1-8-9-19-32(40(61)42(49)62)51-44(64)34(24-28(2)3)54-47(67)41(48(5,6)7)55-45(65)35(25-31-18-14-13-15-29(31)4)53-43(63)33(20-22-38(57)58)52-46(66)36(50-37(56)21-23-39(59)60)27-68-26-30-16-11-10-12-17-30/h10-18,28,32-36,41H,8-9,19-27H2,1-7H3,(H2,49,62)(H,50,56)(H,51,64)(H,52,66)(H,53,63)(H,54,67)(H,55,65)(H,57,58)(H,59,60)/t32-,33-,34-,35-,36-,41+/m0/s1. The minimum absolute atomic E-state index is 0.0187. The number of primary amides is 1. The molecule has 0 aliphatic heterocycles. The van der Waals surface area contributed by atoms with Crippen molar-refractivity contribution in [1.82, 2.24) is 31.9 Å². The number of hydrogen-bond acceptors (Lipinski definition) is 11. The van der Waals surface area contributed by atoms with Crippen molar-refractivity contribution in [2.75, 3.05) is 6.61 Å². The molecule has 2 aromatic carbocycles. The molecule has 0 bridgehead atoms. The number of nitrogens with one attached hydrogen (secondary N) is 6. The number of carboxylic acids is 2. The van der Waals surface area contributed by atoms with Crippen LogP contribution in [0.15, 0.2) is 54.6 Å². The summed E-state index contributed by atoms with van der Waals surface area (Å²) in [6, 6.07) is 7.54. The first-order valence-corrected chi connectivity index (χ1v) is 22.7. The van der Waals surface area contributed by atoms with E-state index in [0.717, 1.165) is 11.1 Å². The molecule has 0 unspecified atom stereocenters. The van der Waals surface area contributed by atoms with Gasteiger partial charge in [0, 0.05) is 19.3 Å². The zero-order valence-corrected chi connectivity index (χ0v) is 40.0. The zero-order chi connectivity index (χ0) is 51.1. The molecule has 0 saturated carbocycles. The number of amides is 7. The average Bonchev–Trinajstić information content (AvgIpc) is 3.26. The first-order chi connectivity index (χ1) is 31.9. The molecule has 10 N–H and O–H groups in total. The lowest BCUT2D eigenvalue weighted by Crippen LogP contribution is -2.62. The zero-order valence-electron chi connectivity index (χ0n) is 40.0. The Morgan fingerprint density at radius 3 is 1.75 bits per heavy atom. The molecule has 6 atom stereocenters. The molecule has 0 aliphatic carbocycles. The number of unbranched alkanes of at least 4 members (excludes halogenated alkanes) is 1. The van der Waals surface area contributed by atoms with E-state index in [2.05, 4.69) is 31.9 Å². The highest BCUT2D eigenvalue weighted by Crippen LogP contribution is 2.21. The van der Waals surface area contributed by atoms with Crippen LogP contribution in [0, 0.1) is 18.3 Å². The van der Waals surface area contributed by atoms with E-state index in [1.165, 1.54) is 0 Å². The van der Waals surface area contributed by atoms with Crippen molar-refractivity contribution in [2.24, 2.45) is 17.1 Å². The monoisotopic (exact) mass is 951 g/mol. The summed E-state index contributed by atoms with van der Waals surface area (Å²) >= 11 is 0. The van der Waals surface area contributed by atoms with Crippen molar-refractivity contribution < 1.29 is 62.9 Å². The quantitative estimate of drug-likeness (QED) is 0.0505. The van der Waals surface area contributed by atoms with Crippen molar-refractivity contribution in [3.05, 3.63) is 71.3 Å². The van der Waals surface area contributed by atoms with E-state index < -0.39 is 133 Å². The molecule has 0 radical (unpaired) electrons. The summed E-state index contributed by atoms with van der Waals surface area (Å²) in [5.74, 6) is -10.1. The van der Waals surface area contributed by atoms with Crippen LogP contribution in [-0.2, 0) is 65.7 Å². The normalized spacial score (nSPS) is 13.9. The Morgan fingerprint density at radius 1 is 0.632 bits per heavy atom. The summed E-state index contributed by atoms with van der Waals surface area (Å²) in [6.07, 6.45) is -0.834. The minimum Gasteiger partial charge on any atom is -0.481 e. The van der Waals surface area contributed by atoms with Crippen LogP contribution in [0.5, 0.6) is 0 Å². The Kier molecular flexibility index (Phi) is 24.0. The summed E-state index contributed by atoms with van der Waals surface area (Å²) in [7, 11) is 0. The maximum absolute atomic E-state index is 14.5. The molecule has 20 heteroatoms. The van der Waals surface area contributed by atoms with E-state index in [9.17, 15) is 53.1 Å². The van der Waals surface area contributed by atoms with Gasteiger partial charge in [0.25, 0.3) is 5.91 Å². The maximum Gasteiger partial charge on any atom is 0.303 e. The third kappa shape index (κ3) is 20.9. The second-order valence-electron chi connectivity index (χ2n) is 18.1. The SMILES string of the molecule is CCCC[C@H](NC(=O)[C@H](CC(C)C)NC(=O)[C@@H](NC(=O)[C@H](Cc1ccccc1C)NC(=O)[C@H](CCC(=O)O)NC(=O)[C@H](COCc1ccccc1)NC(=O)CCC(=O)O)C(C)(C)C)C(=O)C(N)=O. The van der Waals surface area contributed by atoms with Gasteiger partial charge in [-0.05, 0) is 54.2 Å². The van der Waals surface area contributed by atoms with Crippen molar-refractivity contribution in [3.8, 4) is 0 Å². The molecular formula is C48H69N7O13. The van der Waals surface area contributed by atoms with Gasteiger partial charge in [0.2, 0.25) is 41.2 Å². The number of carbonyl (C=O) groups is 10. The first-order valence-electron chi connectivity index (χ1n) is 22.7. The summed E-state index contributed by atoms with van der Waals surface area (Å²) < 4.78 is 5.71. The molecule has 2 rings (SSSR count). The number of Topliss-reactive ketones (excluding diaryl/α,β-unsaturated/α-hetero) is 1. The number of aliphatic carboxylic acids is 2. The summed E-state index contributed by atoms with van der Waals surface area (Å²) in [5.41, 5.74) is 6.33. The van der Waals surface area contributed by atoms with Gasteiger partial charge in [0.15, 0.2) is 0 Å².